The minimum Gasteiger partial charge on any atom is -0.508 e. The van der Waals surface area contributed by atoms with Gasteiger partial charge in [0.15, 0.2) is 5.75 Å². The molecule has 0 saturated heterocycles. The third kappa shape index (κ3) is 3.84. The van der Waals surface area contributed by atoms with E-state index in [0.29, 0.717) is 18.7 Å². The van der Waals surface area contributed by atoms with Gasteiger partial charge in [-0.2, -0.15) is 0 Å². The maximum absolute atomic E-state index is 12.1. The van der Waals surface area contributed by atoms with Gasteiger partial charge < -0.3 is 20.1 Å². The van der Waals surface area contributed by atoms with Gasteiger partial charge in [0.25, 0.3) is 0 Å². The maximum Gasteiger partial charge on any atom is 0.331 e. The number of rotatable bonds is 5. The van der Waals surface area contributed by atoms with Crippen LogP contribution in [0, 0.1) is 0 Å². The van der Waals surface area contributed by atoms with Gasteiger partial charge in [0.05, 0.1) is 12.2 Å². The van der Waals surface area contributed by atoms with Gasteiger partial charge in [-0.1, -0.05) is 24.3 Å². The molecule has 0 saturated carbocycles. The predicted molar refractivity (Wildman–Crippen MR) is 89.1 cm³/mol. The van der Waals surface area contributed by atoms with Gasteiger partial charge in [0.2, 0.25) is 5.91 Å². The number of nitrogens with zero attached hydrogens (tertiary/aromatic N) is 1. The zero-order valence-electron chi connectivity index (χ0n) is 13.1. The number of carbonyl (C=O) groups is 2. The third-order valence-electron chi connectivity index (χ3n) is 3.76. The average molecular weight is 326 g/mol. The summed E-state index contributed by atoms with van der Waals surface area (Å²) in [6, 6.07) is 14.0. The van der Waals surface area contributed by atoms with E-state index in [-0.39, 0.29) is 30.7 Å². The summed E-state index contributed by atoms with van der Waals surface area (Å²) in [5.74, 6) is 0.174. The molecule has 1 aliphatic rings. The highest BCUT2D eigenvalue weighted by Gasteiger charge is 2.24. The minimum atomic E-state index is -0.370. The summed E-state index contributed by atoms with van der Waals surface area (Å²) in [4.78, 5) is 25.5. The number of benzene rings is 2. The Kier molecular flexibility index (Phi) is 4.65. The highest BCUT2D eigenvalue weighted by Crippen LogP contribution is 2.30. The number of hydrogen-bond acceptors (Lipinski definition) is 5. The van der Waals surface area contributed by atoms with Crippen LogP contribution >= 0.6 is 0 Å². The van der Waals surface area contributed by atoms with Gasteiger partial charge in [0, 0.05) is 6.54 Å². The van der Waals surface area contributed by atoms with Crippen molar-refractivity contribution >= 4 is 17.6 Å². The molecule has 0 radical (unpaired) electrons. The molecule has 0 spiro atoms. The number of fused-ring (bicyclic) bond motifs is 1. The molecule has 2 aromatic carbocycles. The number of esters is 1. The molecule has 0 unspecified atom stereocenters. The van der Waals surface area contributed by atoms with E-state index < -0.39 is 0 Å². The zero-order valence-corrected chi connectivity index (χ0v) is 13.1. The van der Waals surface area contributed by atoms with Gasteiger partial charge in [-0.15, -0.1) is 0 Å². The van der Waals surface area contributed by atoms with Crippen molar-refractivity contribution < 1.29 is 19.4 Å². The molecular weight excluding hydrogens is 308 g/mol. The maximum atomic E-state index is 12.1. The van der Waals surface area contributed by atoms with Crippen LogP contribution in [0.2, 0.25) is 0 Å². The number of ether oxygens (including phenoxy) is 1. The third-order valence-corrected chi connectivity index (χ3v) is 3.76. The lowest BCUT2D eigenvalue weighted by Gasteiger charge is -2.29. The van der Waals surface area contributed by atoms with Crippen molar-refractivity contribution in [1.82, 2.24) is 5.32 Å². The van der Waals surface area contributed by atoms with Gasteiger partial charge in [-0.05, 0) is 36.2 Å². The number of hydrogen-bond donors (Lipinski definition) is 2. The molecule has 1 heterocycles. The number of para-hydroxylation sites is 2. The molecule has 2 N–H and O–H groups in total. The number of anilines is 1. The lowest BCUT2D eigenvalue weighted by atomic mass is 10.1. The molecule has 2 aromatic rings. The number of phenols is 1. The summed E-state index contributed by atoms with van der Waals surface area (Å²) in [6.45, 7) is 0.646. The highest BCUT2D eigenvalue weighted by atomic mass is 16.5. The second-order valence-corrected chi connectivity index (χ2v) is 5.56. The van der Waals surface area contributed by atoms with E-state index in [1.807, 2.05) is 24.3 Å². The Balaban J connectivity index is 1.53. The molecule has 24 heavy (non-hydrogen) atoms. The van der Waals surface area contributed by atoms with Crippen molar-refractivity contribution in [1.29, 1.82) is 0 Å². The van der Waals surface area contributed by atoms with Crippen molar-refractivity contribution in [3.63, 3.8) is 0 Å². The Bertz CT molecular complexity index is 743. The molecule has 0 atom stereocenters. The van der Waals surface area contributed by atoms with Crippen LogP contribution in [0.4, 0.5) is 5.69 Å². The fourth-order valence-electron chi connectivity index (χ4n) is 2.58. The van der Waals surface area contributed by atoms with E-state index in [1.54, 1.807) is 29.2 Å². The van der Waals surface area contributed by atoms with E-state index in [0.717, 1.165) is 11.3 Å². The molecule has 0 fully saturated rings. The van der Waals surface area contributed by atoms with E-state index in [9.17, 15) is 14.7 Å². The van der Waals surface area contributed by atoms with Crippen LogP contribution in [-0.4, -0.2) is 36.6 Å². The first-order valence-corrected chi connectivity index (χ1v) is 7.71. The van der Waals surface area contributed by atoms with E-state index >= 15 is 0 Å². The molecule has 1 amide bonds. The Morgan fingerprint density at radius 1 is 1.17 bits per heavy atom. The first kappa shape index (κ1) is 15.9. The largest absolute Gasteiger partial charge is 0.508 e. The van der Waals surface area contributed by atoms with Crippen molar-refractivity contribution in [3.8, 4) is 11.5 Å². The fraction of sp³-hybridized carbons (Fsp3) is 0.222. The summed E-state index contributed by atoms with van der Waals surface area (Å²) in [5, 5.41) is 12.1. The topological polar surface area (TPSA) is 78.9 Å². The molecule has 6 nitrogen and oxygen atoms in total. The van der Waals surface area contributed by atoms with Crippen LogP contribution < -0.4 is 15.0 Å². The van der Waals surface area contributed by atoms with Crippen molar-refractivity contribution in [3.05, 3.63) is 54.1 Å². The molecule has 6 heteroatoms. The smallest absolute Gasteiger partial charge is 0.331 e. The Morgan fingerprint density at radius 3 is 2.71 bits per heavy atom. The monoisotopic (exact) mass is 326 g/mol. The van der Waals surface area contributed by atoms with Crippen LogP contribution in [0.1, 0.15) is 5.56 Å². The van der Waals surface area contributed by atoms with Gasteiger partial charge >= 0.3 is 5.97 Å². The van der Waals surface area contributed by atoms with Gasteiger partial charge in [-0.25, -0.2) is 4.79 Å². The Labute approximate surface area is 139 Å². The van der Waals surface area contributed by atoms with Crippen molar-refractivity contribution in [2.75, 3.05) is 24.5 Å². The van der Waals surface area contributed by atoms with Crippen LogP contribution in [0.25, 0.3) is 0 Å². The zero-order chi connectivity index (χ0) is 16.9. The second kappa shape index (κ2) is 7.04. The summed E-state index contributed by atoms with van der Waals surface area (Å²) in [6.07, 6.45) is 0.671. The molecule has 1 aliphatic heterocycles. The summed E-state index contributed by atoms with van der Waals surface area (Å²) in [7, 11) is 0. The summed E-state index contributed by atoms with van der Waals surface area (Å²) >= 11 is 0. The van der Waals surface area contributed by atoms with E-state index in [2.05, 4.69) is 5.32 Å². The Hall–Kier alpha value is -3.02. The van der Waals surface area contributed by atoms with Crippen molar-refractivity contribution in [2.24, 2.45) is 0 Å². The van der Waals surface area contributed by atoms with E-state index in [4.69, 9.17) is 4.74 Å². The fourth-order valence-corrected chi connectivity index (χ4v) is 2.58. The van der Waals surface area contributed by atoms with Gasteiger partial charge in [0.1, 0.15) is 12.3 Å². The van der Waals surface area contributed by atoms with Crippen LogP contribution in [0.15, 0.2) is 48.5 Å². The lowest BCUT2D eigenvalue weighted by Crippen LogP contribution is -2.43. The number of nitrogens with one attached hydrogen (secondary N) is 1. The molecule has 3 rings (SSSR count). The van der Waals surface area contributed by atoms with Crippen LogP contribution in [-0.2, 0) is 16.0 Å². The molecule has 124 valence electrons. The average Bonchev–Trinajstić information content (AvgIpc) is 2.56. The number of amides is 1. The summed E-state index contributed by atoms with van der Waals surface area (Å²) < 4.78 is 5.16. The standard InChI is InChI=1S/C18H18N2O4/c21-14-7-5-13(6-8-14)9-10-19-17(22)11-20-12-18(23)24-16-4-2-1-3-15(16)20/h1-8,21H,9-12H2,(H,19,22). The number of phenolic OH excluding ortho intramolecular Hbond substituents is 1. The lowest BCUT2D eigenvalue weighted by molar-refractivity contribution is -0.133. The highest BCUT2D eigenvalue weighted by molar-refractivity contribution is 5.89. The van der Waals surface area contributed by atoms with Gasteiger partial charge in [-0.3, -0.25) is 4.79 Å². The first-order chi connectivity index (χ1) is 11.6. The quantitative estimate of drug-likeness (QED) is 0.643. The number of carbonyl (C=O) groups excluding carboxylic acids is 2. The number of aromatic hydroxyl groups is 1. The molecule has 0 aromatic heterocycles. The van der Waals surface area contributed by atoms with E-state index in [1.165, 1.54) is 0 Å². The minimum absolute atomic E-state index is 0.0579. The second-order valence-electron chi connectivity index (χ2n) is 5.56. The van der Waals surface area contributed by atoms with Crippen LogP contribution in [0.3, 0.4) is 0 Å². The normalized spacial score (nSPS) is 13.2. The predicted octanol–water partition coefficient (Wildman–Crippen LogP) is 1.48. The molecular formula is C18H18N2O4. The first-order valence-electron chi connectivity index (χ1n) is 7.71. The SMILES string of the molecule is O=C(CN1CC(=O)Oc2ccccc21)NCCc1ccc(O)cc1. The molecule has 0 aliphatic carbocycles. The molecule has 0 bridgehead atoms. The van der Waals surface area contributed by atoms with Crippen LogP contribution in [0.5, 0.6) is 11.5 Å². The Morgan fingerprint density at radius 2 is 1.92 bits per heavy atom. The van der Waals surface area contributed by atoms with Crippen molar-refractivity contribution in [2.45, 2.75) is 6.42 Å². The summed E-state index contributed by atoms with van der Waals surface area (Å²) in [5.41, 5.74) is 1.77.